The molecule has 0 unspecified atom stereocenters. The highest BCUT2D eigenvalue weighted by atomic mass is 19.4. The third-order valence-electron chi connectivity index (χ3n) is 12.3. The lowest BCUT2D eigenvalue weighted by molar-refractivity contribution is -0.143. The van der Waals surface area contributed by atoms with E-state index in [0.717, 1.165) is 10.9 Å². The highest BCUT2D eigenvalue weighted by Gasteiger charge is 2.37. The molecule has 0 saturated heterocycles. The molecule has 8 aromatic rings. The van der Waals surface area contributed by atoms with E-state index >= 15 is 0 Å². The largest absolute Gasteiger partial charge is 0.416 e. The van der Waals surface area contributed by atoms with E-state index in [1.54, 1.807) is 57.7 Å². The molecule has 0 saturated carbocycles. The Morgan fingerprint density at radius 2 is 1.22 bits per heavy atom. The maximum absolute atomic E-state index is 14.7. The molecule has 2 aliphatic carbocycles. The number of alkyl halides is 6. The molecule has 0 spiro atoms. The Balaban J connectivity index is 1.34. The average molecular weight is 900 g/mol. The van der Waals surface area contributed by atoms with Gasteiger partial charge in [-0.15, -0.1) is 0 Å². The fraction of sp³-hybridized carbons (Fsp3) is 0.0727. The van der Waals surface area contributed by atoms with Crippen LogP contribution in [0.4, 0.5) is 26.3 Å². The summed E-state index contributed by atoms with van der Waals surface area (Å²) in [6.45, 7) is 0. The number of allylic oxidation sites excluding steroid dienone is 6. The van der Waals surface area contributed by atoms with Crippen LogP contribution in [-0.2, 0) is 18.8 Å². The number of aromatic nitrogens is 2. The molecule has 2 heterocycles. The number of para-hydroxylation sites is 1. The van der Waals surface area contributed by atoms with Crippen molar-refractivity contribution in [1.29, 1.82) is 26.3 Å². The van der Waals surface area contributed by atoms with Crippen molar-refractivity contribution in [3.05, 3.63) is 189 Å². The molecule has 2 aliphatic rings. The minimum atomic E-state index is -5.18. The molecule has 13 heteroatoms. The van der Waals surface area contributed by atoms with Gasteiger partial charge >= 0.3 is 12.4 Å². The number of hydrogen-bond donors (Lipinski definition) is 0. The Morgan fingerprint density at radius 3 is 1.90 bits per heavy atom. The molecule has 6 aromatic carbocycles. The van der Waals surface area contributed by atoms with Gasteiger partial charge in [0, 0.05) is 33.7 Å². The van der Waals surface area contributed by atoms with Gasteiger partial charge in [-0.2, -0.15) is 52.7 Å². The number of benzene rings is 6. The highest BCUT2D eigenvalue weighted by molar-refractivity contribution is 6.11. The zero-order chi connectivity index (χ0) is 47.6. The molecule has 2 aromatic heterocycles. The molecular weight excluding hydrogens is 873 g/mol. The molecular formula is C55H27F6N7. The third-order valence-corrected chi connectivity index (χ3v) is 12.3. The number of hydrogen-bond acceptors (Lipinski definition) is 5. The first-order chi connectivity index (χ1) is 32.7. The van der Waals surface area contributed by atoms with Crippen molar-refractivity contribution in [1.82, 2.24) is 9.13 Å². The summed E-state index contributed by atoms with van der Waals surface area (Å²) < 4.78 is 91.7. The molecule has 0 radical (unpaired) electrons. The summed E-state index contributed by atoms with van der Waals surface area (Å²) in [6, 6.07) is 37.8. The van der Waals surface area contributed by atoms with Crippen molar-refractivity contribution in [3.63, 3.8) is 0 Å². The van der Waals surface area contributed by atoms with Crippen LogP contribution in [0.5, 0.6) is 0 Å². The van der Waals surface area contributed by atoms with E-state index in [1.165, 1.54) is 24.3 Å². The number of nitrogens with zero attached hydrogens (tertiary/aromatic N) is 7. The van der Waals surface area contributed by atoms with Crippen molar-refractivity contribution >= 4 is 44.4 Å². The predicted molar refractivity (Wildman–Crippen MR) is 245 cm³/mol. The quantitative estimate of drug-likeness (QED) is 0.162. The van der Waals surface area contributed by atoms with E-state index < -0.39 is 29.0 Å². The van der Waals surface area contributed by atoms with Crippen molar-refractivity contribution < 1.29 is 26.3 Å². The predicted octanol–water partition coefficient (Wildman–Crippen LogP) is 12.1. The van der Waals surface area contributed by atoms with Gasteiger partial charge in [0.1, 0.15) is 6.07 Å². The lowest BCUT2D eigenvalue weighted by Crippen LogP contribution is -2.20. The Labute approximate surface area is 382 Å². The normalized spacial score (nSPS) is 14.2. The summed E-state index contributed by atoms with van der Waals surface area (Å²) in [7, 11) is 0. The molecule has 7 nitrogen and oxygen atoms in total. The Hall–Kier alpha value is -9.35. The maximum atomic E-state index is 14.7. The van der Waals surface area contributed by atoms with Crippen LogP contribution in [0.25, 0.3) is 78.0 Å². The Bertz CT molecular complexity index is 3940. The number of nitriles is 5. The van der Waals surface area contributed by atoms with Crippen LogP contribution in [0.1, 0.15) is 39.8 Å². The number of fused-ring (bicyclic) bond motifs is 6. The van der Waals surface area contributed by atoms with Crippen LogP contribution in [0.3, 0.4) is 0 Å². The highest BCUT2D eigenvalue weighted by Crippen LogP contribution is 2.44. The van der Waals surface area contributed by atoms with Crippen LogP contribution >= 0.6 is 0 Å². The minimum Gasteiger partial charge on any atom is -0.309 e. The minimum absolute atomic E-state index is 0.0361. The van der Waals surface area contributed by atoms with Gasteiger partial charge in [-0.25, -0.2) is 0 Å². The van der Waals surface area contributed by atoms with E-state index in [2.05, 4.69) is 30.3 Å². The molecule has 10 rings (SSSR count). The lowest BCUT2D eigenvalue weighted by atomic mass is 9.94. The van der Waals surface area contributed by atoms with Crippen molar-refractivity contribution in [2.24, 2.45) is 0 Å². The van der Waals surface area contributed by atoms with Gasteiger partial charge in [-0.1, -0.05) is 54.6 Å². The zero-order valence-electron chi connectivity index (χ0n) is 35.1. The van der Waals surface area contributed by atoms with Crippen molar-refractivity contribution in [2.75, 3.05) is 0 Å². The van der Waals surface area contributed by atoms with Gasteiger partial charge < -0.3 is 9.13 Å². The number of halogens is 6. The van der Waals surface area contributed by atoms with Gasteiger partial charge in [0.15, 0.2) is 0 Å². The number of rotatable bonds is 4. The van der Waals surface area contributed by atoms with Crippen LogP contribution < -0.4 is 10.6 Å². The summed E-state index contributed by atoms with van der Waals surface area (Å²) in [5.74, 6) is 0. The topological polar surface area (TPSA) is 129 Å². The molecule has 0 fully saturated rings. The fourth-order valence-corrected chi connectivity index (χ4v) is 9.33. The first kappa shape index (κ1) is 42.6. The van der Waals surface area contributed by atoms with Crippen LogP contribution in [0, 0.1) is 56.7 Å². The van der Waals surface area contributed by atoms with Gasteiger partial charge in [-0.05, 0) is 124 Å². The lowest BCUT2D eigenvalue weighted by Gasteiger charge is -2.21. The molecule has 0 bridgehead atoms. The molecule has 68 heavy (non-hydrogen) atoms. The second-order valence-electron chi connectivity index (χ2n) is 16.3. The Morgan fingerprint density at radius 1 is 0.529 bits per heavy atom. The van der Waals surface area contributed by atoms with Gasteiger partial charge in [0.25, 0.3) is 0 Å². The standard InChI is InChI=1S/C55H27F6N7/c56-54(57,58)41-19-39(20-42(24-41)55(59,60)61)47-25-50(67-48-7-3-1-5-43(48)45-11-9-35(21-51(45)67)37-15-31(26-62)13-32(16-37)27-63)40(30-66)23-53(47)68-49-8-4-2-6-44(49)46-12-10-36(22-52(46)68)38-17-33(28-64)14-34(18-38)29-65/h1-4,6-15,17-25H,5,16H2. The first-order valence-electron chi connectivity index (χ1n) is 20.8. The van der Waals surface area contributed by atoms with Crippen molar-refractivity contribution in [3.8, 4) is 64.0 Å². The molecule has 324 valence electrons. The summed E-state index contributed by atoms with van der Waals surface area (Å²) in [5, 5.41) is 53.7. The van der Waals surface area contributed by atoms with E-state index in [9.17, 15) is 52.7 Å². The smallest absolute Gasteiger partial charge is 0.309 e. The van der Waals surface area contributed by atoms with Gasteiger partial charge in [0.2, 0.25) is 0 Å². The van der Waals surface area contributed by atoms with E-state index in [-0.39, 0.29) is 51.7 Å². The molecule has 0 atom stereocenters. The summed E-state index contributed by atoms with van der Waals surface area (Å²) in [5.41, 5.74) is 2.03. The molecule has 0 N–H and O–H groups in total. The second kappa shape index (κ2) is 16.0. The van der Waals surface area contributed by atoms with Crippen LogP contribution in [-0.4, -0.2) is 9.13 Å². The molecule has 0 amide bonds. The second-order valence-corrected chi connectivity index (χ2v) is 16.3. The first-order valence-corrected chi connectivity index (χ1v) is 20.8. The summed E-state index contributed by atoms with van der Waals surface area (Å²) in [6.07, 6.45) is -0.882. The van der Waals surface area contributed by atoms with E-state index in [1.807, 2.05) is 48.6 Å². The maximum Gasteiger partial charge on any atom is 0.416 e. The van der Waals surface area contributed by atoms with E-state index in [4.69, 9.17) is 0 Å². The average Bonchev–Trinajstić information content (AvgIpc) is 3.86. The van der Waals surface area contributed by atoms with E-state index in [0.29, 0.717) is 78.7 Å². The van der Waals surface area contributed by atoms with Gasteiger partial charge in [-0.3, -0.25) is 0 Å². The SMILES string of the molecule is N#CC1=CC(=c2ccc3c4c(n(-c5cc(-c6cc(C(F)(F)F)cc(C(F)(F)F)c6)c(-n6c7ccccc7c7ccc(-c8cc(C#N)cc(C#N)c8)cc76)cc5C#N)c3c2)=CC=CC4)CC(C#N)=C1. The summed E-state index contributed by atoms with van der Waals surface area (Å²) >= 11 is 0. The van der Waals surface area contributed by atoms with Crippen LogP contribution in [0.15, 0.2) is 145 Å². The Kier molecular flexibility index (Phi) is 10.00. The van der Waals surface area contributed by atoms with Crippen LogP contribution in [0.2, 0.25) is 0 Å². The monoisotopic (exact) mass is 899 g/mol. The molecule has 0 aliphatic heterocycles. The third kappa shape index (κ3) is 7.15. The van der Waals surface area contributed by atoms with Crippen molar-refractivity contribution in [2.45, 2.75) is 25.2 Å². The zero-order valence-corrected chi connectivity index (χ0v) is 35.1. The fourth-order valence-electron chi connectivity index (χ4n) is 9.33. The summed E-state index contributed by atoms with van der Waals surface area (Å²) in [4.78, 5) is 0. The van der Waals surface area contributed by atoms with Gasteiger partial charge in [0.05, 0.1) is 90.9 Å².